The summed E-state index contributed by atoms with van der Waals surface area (Å²) in [6.07, 6.45) is 0. The topological polar surface area (TPSA) is 47.1 Å². The summed E-state index contributed by atoms with van der Waals surface area (Å²) in [5, 5.41) is 2.54. The molecule has 0 radical (unpaired) electrons. The fourth-order valence-electron chi connectivity index (χ4n) is 1.48. The fourth-order valence-corrected chi connectivity index (χ4v) is 1.64. The van der Waals surface area contributed by atoms with Gasteiger partial charge in [-0.25, -0.2) is 9.66 Å². The Morgan fingerprint density at radius 1 is 1.43 bits per heavy atom. The van der Waals surface area contributed by atoms with Gasteiger partial charge in [0.05, 0.1) is 11.0 Å². The number of halogens is 1. The number of nitrogens with two attached hydrogens (primary N) is 1. The summed E-state index contributed by atoms with van der Waals surface area (Å²) in [6.45, 7) is 0. The zero-order valence-corrected chi connectivity index (χ0v) is 8.78. The van der Waals surface area contributed by atoms with Crippen LogP contribution in [-0.2, 0) is 0 Å². The van der Waals surface area contributed by atoms with Gasteiger partial charge in [0.25, 0.3) is 0 Å². The SMILES string of the molecule is CN(C)n1c(N)nc2ccc(Cl)cc21. The van der Waals surface area contributed by atoms with Gasteiger partial charge >= 0.3 is 0 Å². The molecule has 4 nitrogen and oxygen atoms in total. The highest BCUT2D eigenvalue weighted by molar-refractivity contribution is 6.31. The lowest BCUT2D eigenvalue weighted by Crippen LogP contribution is -2.26. The van der Waals surface area contributed by atoms with Crippen LogP contribution in [0.5, 0.6) is 0 Å². The van der Waals surface area contributed by atoms with Crippen LogP contribution in [0.2, 0.25) is 5.02 Å². The van der Waals surface area contributed by atoms with E-state index in [4.69, 9.17) is 17.3 Å². The average molecular weight is 211 g/mol. The molecule has 1 heterocycles. The van der Waals surface area contributed by atoms with Gasteiger partial charge < -0.3 is 10.7 Å². The van der Waals surface area contributed by atoms with Crippen LogP contribution in [0.3, 0.4) is 0 Å². The van der Waals surface area contributed by atoms with E-state index in [1.54, 1.807) is 10.7 Å². The third kappa shape index (κ3) is 1.28. The predicted molar refractivity (Wildman–Crippen MR) is 59.2 cm³/mol. The van der Waals surface area contributed by atoms with Crippen molar-refractivity contribution in [3.8, 4) is 0 Å². The van der Waals surface area contributed by atoms with Gasteiger partial charge in [0.15, 0.2) is 0 Å². The summed E-state index contributed by atoms with van der Waals surface area (Å²) < 4.78 is 1.81. The molecule has 2 aromatic rings. The van der Waals surface area contributed by atoms with Crippen molar-refractivity contribution in [2.45, 2.75) is 0 Å². The van der Waals surface area contributed by atoms with Gasteiger partial charge in [0.2, 0.25) is 5.95 Å². The Morgan fingerprint density at radius 2 is 2.14 bits per heavy atom. The molecule has 0 fully saturated rings. The molecule has 74 valence electrons. The van der Waals surface area contributed by atoms with E-state index in [2.05, 4.69) is 4.98 Å². The molecule has 0 aliphatic rings. The number of fused-ring (bicyclic) bond motifs is 1. The largest absolute Gasteiger partial charge is 0.368 e. The minimum atomic E-state index is 0.465. The van der Waals surface area contributed by atoms with Crippen molar-refractivity contribution < 1.29 is 0 Å². The number of hydrogen-bond donors (Lipinski definition) is 1. The van der Waals surface area contributed by atoms with E-state index in [9.17, 15) is 0 Å². The molecular formula is C9H11ClN4. The Hall–Kier alpha value is -1.42. The molecule has 2 rings (SSSR count). The minimum Gasteiger partial charge on any atom is -0.368 e. The molecule has 1 aromatic heterocycles. The van der Waals surface area contributed by atoms with Crippen LogP contribution in [0, 0.1) is 0 Å². The summed E-state index contributed by atoms with van der Waals surface area (Å²) in [6, 6.07) is 5.50. The Kier molecular flexibility index (Phi) is 2.00. The smallest absolute Gasteiger partial charge is 0.220 e. The monoisotopic (exact) mass is 210 g/mol. The maximum absolute atomic E-state index is 5.90. The molecule has 0 atom stereocenters. The van der Waals surface area contributed by atoms with Gasteiger partial charge in [-0.2, -0.15) is 0 Å². The minimum absolute atomic E-state index is 0.465. The maximum atomic E-state index is 5.90. The van der Waals surface area contributed by atoms with E-state index in [-0.39, 0.29) is 0 Å². The molecule has 0 saturated carbocycles. The van der Waals surface area contributed by atoms with Crippen molar-refractivity contribution in [3.05, 3.63) is 23.2 Å². The van der Waals surface area contributed by atoms with E-state index in [0.717, 1.165) is 11.0 Å². The van der Waals surface area contributed by atoms with E-state index in [0.29, 0.717) is 11.0 Å². The number of imidazole rings is 1. The number of anilines is 1. The average Bonchev–Trinajstić information content (AvgIpc) is 2.40. The zero-order valence-electron chi connectivity index (χ0n) is 8.03. The van der Waals surface area contributed by atoms with Crippen molar-refractivity contribution >= 4 is 28.6 Å². The van der Waals surface area contributed by atoms with E-state index in [1.165, 1.54) is 0 Å². The predicted octanol–water partition coefficient (Wildman–Crippen LogP) is 1.47. The number of nitrogen functional groups attached to an aromatic ring is 1. The van der Waals surface area contributed by atoms with Gasteiger partial charge in [-0.15, -0.1) is 0 Å². The summed E-state index contributed by atoms with van der Waals surface area (Å²) >= 11 is 5.90. The Bertz CT molecular complexity index is 475. The molecule has 0 unspecified atom stereocenters. The van der Waals surface area contributed by atoms with Crippen molar-refractivity contribution in [2.75, 3.05) is 24.8 Å². The Labute approximate surface area is 86.9 Å². The van der Waals surface area contributed by atoms with Gasteiger partial charge in [0, 0.05) is 19.1 Å². The summed E-state index contributed by atoms with van der Waals surface area (Å²) in [4.78, 5) is 4.22. The van der Waals surface area contributed by atoms with Crippen molar-refractivity contribution in [3.63, 3.8) is 0 Å². The second-order valence-electron chi connectivity index (χ2n) is 3.26. The first-order valence-corrected chi connectivity index (χ1v) is 4.58. The van der Waals surface area contributed by atoms with Crippen molar-refractivity contribution in [1.82, 2.24) is 9.66 Å². The first-order chi connectivity index (χ1) is 6.59. The lowest BCUT2D eigenvalue weighted by Gasteiger charge is -2.15. The number of rotatable bonds is 1. The molecule has 0 saturated heterocycles. The number of aromatic nitrogens is 2. The maximum Gasteiger partial charge on any atom is 0.220 e. The van der Waals surface area contributed by atoms with Crippen molar-refractivity contribution in [2.24, 2.45) is 0 Å². The molecule has 2 N–H and O–H groups in total. The molecule has 0 spiro atoms. The van der Waals surface area contributed by atoms with Crippen LogP contribution in [-0.4, -0.2) is 23.8 Å². The molecular weight excluding hydrogens is 200 g/mol. The van der Waals surface area contributed by atoms with Crippen LogP contribution in [0.15, 0.2) is 18.2 Å². The van der Waals surface area contributed by atoms with E-state index < -0.39 is 0 Å². The summed E-state index contributed by atoms with van der Waals surface area (Å²) in [5.74, 6) is 0.465. The molecule has 14 heavy (non-hydrogen) atoms. The number of hydrogen-bond acceptors (Lipinski definition) is 3. The highest BCUT2D eigenvalue weighted by atomic mass is 35.5. The van der Waals surface area contributed by atoms with E-state index in [1.807, 2.05) is 31.2 Å². The second kappa shape index (κ2) is 3.06. The normalized spacial score (nSPS) is 10.8. The summed E-state index contributed by atoms with van der Waals surface area (Å²) in [7, 11) is 3.80. The highest BCUT2D eigenvalue weighted by Crippen LogP contribution is 2.21. The fraction of sp³-hybridized carbons (Fsp3) is 0.222. The van der Waals surface area contributed by atoms with Crippen LogP contribution in [0.1, 0.15) is 0 Å². The zero-order chi connectivity index (χ0) is 10.3. The van der Waals surface area contributed by atoms with Crippen LogP contribution < -0.4 is 10.7 Å². The third-order valence-electron chi connectivity index (χ3n) is 2.02. The molecule has 1 aromatic carbocycles. The standard InChI is InChI=1S/C9H11ClN4/c1-13(2)14-8-5-6(10)3-4-7(8)12-9(14)11/h3-5H,1-2H3,(H2,11,12). The molecule has 0 bridgehead atoms. The molecule has 0 amide bonds. The van der Waals surface area contributed by atoms with E-state index >= 15 is 0 Å². The second-order valence-corrected chi connectivity index (χ2v) is 3.70. The molecule has 0 aliphatic heterocycles. The Balaban J connectivity index is 2.79. The van der Waals surface area contributed by atoms with Crippen molar-refractivity contribution in [1.29, 1.82) is 0 Å². The van der Waals surface area contributed by atoms with Gasteiger partial charge in [-0.05, 0) is 18.2 Å². The third-order valence-corrected chi connectivity index (χ3v) is 2.25. The van der Waals surface area contributed by atoms with Crippen LogP contribution in [0.4, 0.5) is 5.95 Å². The number of nitrogens with zero attached hydrogens (tertiary/aromatic N) is 3. The lowest BCUT2D eigenvalue weighted by molar-refractivity contribution is 0.765. The van der Waals surface area contributed by atoms with Gasteiger partial charge in [-0.1, -0.05) is 11.6 Å². The van der Waals surface area contributed by atoms with Crippen LogP contribution in [0.25, 0.3) is 11.0 Å². The first-order valence-electron chi connectivity index (χ1n) is 4.20. The lowest BCUT2D eigenvalue weighted by atomic mass is 10.3. The molecule has 0 aliphatic carbocycles. The van der Waals surface area contributed by atoms with Gasteiger partial charge in [0.1, 0.15) is 0 Å². The first kappa shape index (κ1) is 9.15. The molecule has 5 heteroatoms. The van der Waals surface area contributed by atoms with Gasteiger partial charge in [-0.3, -0.25) is 0 Å². The summed E-state index contributed by atoms with van der Waals surface area (Å²) in [5.41, 5.74) is 7.54. The quantitative estimate of drug-likeness (QED) is 0.776. The number of benzene rings is 1. The Morgan fingerprint density at radius 3 is 2.79 bits per heavy atom. The highest BCUT2D eigenvalue weighted by Gasteiger charge is 2.09. The van der Waals surface area contributed by atoms with Crippen LogP contribution >= 0.6 is 11.6 Å².